The number of amides is 1. The summed E-state index contributed by atoms with van der Waals surface area (Å²) in [6, 6.07) is 9.30. The summed E-state index contributed by atoms with van der Waals surface area (Å²) in [6.07, 6.45) is 0.875. The summed E-state index contributed by atoms with van der Waals surface area (Å²) in [6.45, 7) is 3.92. The van der Waals surface area contributed by atoms with Crippen molar-refractivity contribution in [3.8, 4) is 0 Å². The van der Waals surface area contributed by atoms with Crippen LogP contribution in [0.2, 0.25) is 0 Å². The molecule has 1 N–H and O–H groups in total. The summed E-state index contributed by atoms with van der Waals surface area (Å²) in [5, 5.41) is 4.57. The largest absolute Gasteiger partial charge is 0.331 e. The molecule has 0 atom stereocenters. The van der Waals surface area contributed by atoms with Gasteiger partial charge in [0.05, 0.1) is 5.52 Å². The maximum absolute atomic E-state index is 12.6. The van der Waals surface area contributed by atoms with Crippen molar-refractivity contribution < 1.29 is 4.79 Å². The highest BCUT2D eigenvalue weighted by atomic mass is 32.1. The Morgan fingerprint density at radius 2 is 1.96 bits per heavy atom. The van der Waals surface area contributed by atoms with Crippen molar-refractivity contribution in [1.29, 1.82) is 0 Å². The van der Waals surface area contributed by atoms with Gasteiger partial charge in [0.1, 0.15) is 11.2 Å². The molecule has 0 radical (unpaired) electrons. The van der Waals surface area contributed by atoms with Gasteiger partial charge in [-0.1, -0.05) is 19.1 Å². The fourth-order valence-corrected chi connectivity index (χ4v) is 3.62. The molecule has 3 aromatic rings. The molecule has 2 heterocycles. The number of aryl methyl sites for hydroxylation is 1. The SMILES string of the molecule is CCc1cccc(NC(=O)Cn2c(=O)n(CC)c(=O)c3sccc32)c1. The van der Waals surface area contributed by atoms with E-state index in [9.17, 15) is 14.4 Å². The maximum atomic E-state index is 12.6. The maximum Gasteiger partial charge on any atom is 0.331 e. The molecule has 0 bridgehead atoms. The molecular weight excluding hydrogens is 338 g/mol. The highest BCUT2D eigenvalue weighted by molar-refractivity contribution is 7.17. The normalized spacial score (nSPS) is 11.0. The van der Waals surface area contributed by atoms with Crippen LogP contribution in [0.3, 0.4) is 0 Å². The van der Waals surface area contributed by atoms with Gasteiger partial charge in [0.25, 0.3) is 5.56 Å². The summed E-state index contributed by atoms with van der Waals surface area (Å²) in [4.78, 5) is 37.3. The van der Waals surface area contributed by atoms with Gasteiger partial charge in [-0.15, -0.1) is 11.3 Å². The van der Waals surface area contributed by atoms with Crippen LogP contribution in [0.4, 0.5) is 5.69 Å². The number of benzene rings is 1. The Balaban J connectivity index is 1.95. The quantitative estimate of drug-likeness (QED) is 0.762. The first-order valence-electron chi connectivity index (χ1n) is 8.14. The van der Waals surface area contributed by atoms with Gasteiger partial charge in [0, 0.05) is 12.2 Å². The van der Waals surface area contributed by atoms with Gasteiger partial charge < -0.3 is 5.32 Å². The molecule has 0 saturated heterocycles. The number of aromatic nitrogens is 2. The van der Waals surface area contributed by atoms with Gasteiger partial charge in [-0.2, -0.15) is 0 Å². The van der Waals surface area contributed by atoms with E-state index < -0.39 is 5.69 Å². The zero-order valence-electron chi connectivity index (χ0n) is 14.1. The average molecular weight is 357 g/mol. The highest BCUT2D eigenvalue weighted by Crippen LogP contribution is 2.16. The van der Waals surface area contributed by atoms with Crippen molar-refractivity contribution >= 4 is 33.1 Å². The lowest BCUT2D eigenvalue weighted by atomic mass is 10.1. The summed E-state index contributed by atoms with van der Waals surface area (Å²) in [5.74, 6) is -0.302. The Labute approximate surface area is 148 Å². The third-order valence-electron chi connectivity index (χ3n) is 4.07. The van der Waals surface area contributed by atoms with Crippen molar-refractivity contribution in [2.45, 2.75) is 33.4 Å². The molecule has 25 heavy (non-hydrogen) atoms. The third-order valence-corrected chi connectivity index (χ3v) is 4.97. The second kappa shape index (κ2) is 7.06. The fourth-order valence-electron chi connectivity index (χ4n) is 2.78. The molecule has 1 amide bonds. The van der Waals surface area contributed by atoms with Gasteiger partial charge in [0.15, 0.2) is 0 Å². The van der Waals surface area contributed by atoms with Gasteiger partial charge in [-0.25, -0.2) is 4.79 Å². The molecule has 0 aliphatic heterocycles. The fraction of sp³-hybridized carbons (Fsp3) is 0.278. The molecule has 0 aliphatic carbocycles. The van der Waals surface area contributed by atoms with E-state index >= 15 is 0 Å². The van der Waals surface area contributed by atoms with E-state index in [0.29, 0.717) is 15.9 Å². The third kappa shape index (κ3) is 3.28. The average Bonchev–Trinajstić information content (AvgIpc) is 3.09. The predicted octanol–water partition coefficient (Wildman–Crippen LogP) is 2.45. The number of fused-ring (bicyclic) bond motifs is 1. The minimum Gasteiger partial charge on any atom is -0.325 e. The molecule has 0 saturated carbocycles. The van der Waals surface area contributed by atoms with E-state index in [1.54, 1.807) is 18.4 Å². The van der Waals surface area contributed by atoms with Crippen LogP contribution in [0.15, 0.2) is 45.3 Å². The zero-order chi connectivity index (χ0) is 18.0. The van der Waals surface area contributed by atoms with E-state index in [4.69, 9.17) is 0 Å². The molecule has 2 aromatic heterocycles. The van der Waals surface area contributed by atoms with E-state index in [-0.39, 0.29) is 24.6 Å². The van der Waals surface area contributed by atoms with E-state index in [1.807, 2.05) is 31.2 Å². The van der Waals surface area contributed by atoms with Gasteiger partial charge >= 0.3 is 5.69 Å². The van der Waals surface area contributed by atoms with Gasteiger partial charge in [-0.3, -0.25) is 18.7 Å². The molecule has 0 spiro atoms. The number of nitrogens with one attached hydrogen (secondary N) is 1. The number of nitrogens with zero attached hydrogens (tertiary/aromatic N) is 2. The summed E-state index contributed by atoms with van der Waals surface area (Å²) < 4.78 is 3.00. The topological polar surface area (TPSA) is 73.1 Å². The summed E-state index contributed by atoms with van der Waals surface area (Å²) in [7, 11) is 0. The van der Waals surface area contributed by atoms with Crippen molar-refractivity contribution in [3.63, 3.8) is 0 Å². The molecule has 7 heteroatoms. The smallest absolute Gasteiger partial charge is 0.325 e. The first kappa shape index (κ1) is 17.2. The lowest BCUT2D eigenvalue weighted by molar-refractivity contribution is -0.116. The molecule has 0 fully saturated rings. The van der Waals surface area contributed by atoms with Gasteiger partial charge in [-0.05, 0) is 42.5 Å². The molecule has 130 valence electrons. The Morgan fingerprint density at radius 3 is 2.68 bits per heavy atom. The molecule has 1 aromatic carbocycles. The Hall–Kier alpha value is -2.67. The Morgan fingerprint density at radius 1 is 1.16 bits per heavy atom. The summed E-state index contributed by atoms with van der Waals surface area (Å²) >= 11 is 1.28. The van der Waals surface area contributed by atoms with Crippen LogP contribution in [0, 0.1) is 0 Å². The van der Waals surface area contributed by atoms with Crippen LogP contribution in [0.1, 0.15) is 19.4 Å². The number of carbonyl (C=O) groups is 1. The first-order valence-corrected chi connectivity index (χ1v) is 9.02. The number of rotatable bonds is 5. The van der Waals surface area contributed by atoms with Crippen molar-refractivity contribution in [3.05, 3.63) is 62.1 Å². The molecule has 3 rings (SSSR count). The molecular formula is C18H19N3O3S. The number of anilines is 1. The van der Waals surface area contributed by atoms with Crippen molar-refractivity contribution in [1.82, 2.24) is 9.13 Å². The van der Waals surface area contributed by atoms with Crippen molar-refractivity contribution in [2.24, 2.45) is 0 Å². The monoisotopic (exact) mass is 357 g/mol. The van der Waals surface area contributed by atoms with Crippen LogP contribution in [0.25, 0.3) is 10.2 Å². The van der Waals surface area contributed by atoms with E-state index in [2.05, 4.69) is 5.32 Å². The predicted molar refractivity (Wildman–Crippen MR) is 100 cm³/mol. The van der Waals surface area contributed by atoms with E-state index in [1.165, 1.54) is 15.9 Å². The van der Waals surface area contributed by atoms with Crippen molar-refractivity contribution in [2.75, 3.05) is 5.32 Å². The standard InChI is InChI=1S/C18H19N3O3S/c1-3-12-6-5-7-13(10-12)19-15(22)11-21-14-8-9-25-16(14)17(23)20(4-2)18(21)24/h5-10H,3-4,11H2,1-2H3,(H,19,22). The number of hydrogen-bond acceptors (Lipinski definition) is 4. The van der Waals surface area contributed by atoms with Crippen LogP contribution in [0.5, 0.6) is 0 Å². The highest BCUT2D eigenvalue weighted by Gasteiger charge is 2.15. The van der Waals surface area contributed by atoms with Gasteiger partial charge in [0.2, 0.25) is 5.91 Å². The second-order valence-corrected chi connectivity index (χ2v) is 6.57. The second-order valence-electron chi connectivity index (χ2n) is 5.66. The Kier molecular flexibility index (Phi) is 4.85. The lowest BCUT2D eigenvalue weighted by Gasteiger charge is -2.11. The minimum absolute atomic E-state index is 0.136. The molecule has 0 aliphatic rings. The number of carbonyl (C=O) groups excluding carboxylic acids is 1. The van der Waals surface area contributed by atoms with E-state index in [0.717, 1.165) is 16.6 Å². The molecule has 0 unspecified atom stereocenters. The zero-order valence-corrected chi connectivity index (χ0v) is 14.9. The summed E-state index contributed by atoms with van der Waals surface area (Å²) in [5.41, 5.74) is 1.56. The first-order chi connectivity index (χ1) is 12.0. The number of hydrogen-bond donors (Lipinski definition) is 1. The molecule has 6 nitrogen and oxygen atoms in total. The number of thiophene rings is 1. The van der Waals surface area contributed by atoms with Crippen LogP contribution >= 0.6 is 11.3 Å². The lowest BCUT2D eigenvalue weighted by Crippen LogP contribution is -2.40. The minimum atomic E-state index is -0.462. The van der Waals surface area contributed by atoms with Crippen LogP contribution in [-0.4, -0.2) is 15.0 Å². The Bertz CT molecular complexity index is 1050. The van der Waals surface area contributed by atoms with Crippen LogP contribution < -0.4 is 16.6 Å². The van der Waals surface area contributed by atoms with Crippen LogP contribution in [-0.2, 0) is 24.3 Å².